The molecule has 126 valence electrons. The Hall–Kier alpha value is -2.62. The molecule has 0 saturated heterocycles. The maximum Gasteiger partial charge on any atom is 0.243 e. The zero-order valence-corrected chi connectivity index (χ0v) is 14.4. The Labute approximate surface area is 143 Å². The van der Waals surface area contributed by atoms with Crippen molar-refractivity contribution >= 4 is 17.5 Å². The van der Waals surface area contributed by atoms with E-state index in [9.17, 15) is 9.59 Å². The standard InChI is InChI=1S/C20H24N2O2/c1-20(2,3)19(24)21-14-18(23)22-17-12-8-7-11-16(17)13-15-9-5-4-6-10-15/h4-12H,13-14H2,1-3H3,(H,21,24)(H,22,23). The molecule has 0 aliphatic carbocycles. The number of amides is 2. The van der Waals surface area contributed by atoms with Crippen molar-refractivity contribution in [3.8, 4) is 0 Å². The molecule has 2 rings (SSSR count). The summed E-state index contributed by atoms with van der Waals surface area (Å²) in [5.41, 5.74) is 2.49. The average Bonchev–Trinajstić information content (AvgIpc) is 2.54. The summed E-state index contributed by atoms with van der Waals surface area (Å²) in [6.07, 6.45) is 0.742. The predicted molar refractivity (Wildman–Crippen MR) is 96.8 cm³/mol. The van der Waals surface area contributed by atoms with Crippen LogP contribution >= 0.6 is 0 Å². The van der Waals surface area contributed by atoms with Gasteiger partial charge in [0.15, 0.2) is 0 Å². The van der Waals surface area contributed by atoms with Gasteiger partial charge in [0.1, 0.15) is 0 Å². The Bertz CT molecular complexity index is 703. The van der Waals surface area contributed by atoms with Gasteiger partial charge in [-0.25, -0.2) is 0 Å². The minimum atomic E-state index is -0.508. The third-order valence-corrected chi connectivity index (χ3v) is 3.62. The van der Waals surface area contributed by atoms with E-state index < -0.39 is 5.41 Å². The monoisotopic (exact) mass is 324 g/mol. The van der Waals surface area contributed by atoms with Gasteiger partial charge >= 0.3 is 0 Å². The lowest BCUT2D eigenvalue weighted by Crippen LogP contribution is -2.39. The summed E-state index contributed by atoms with van der Waals surface area (Å²) in [5.74, 6) is -0.372. The van der Waals surface area contributed by atoms with Crippen molar-refractivity contribution in [3.05, 3.63) is 65.7 Å². The van der Waals surface area contributed by atoms with Crippen molar-refractivity contribution in [1.82, 2.24) is 5.32 Å². The Morgan fingerprint density at radius 3 is 2.21 bits per heavy atom. The van der Waals surface area contributed by atoms with E-state index >= 15 is 0 Å². The first kappa shape index (κ1) is 17.7. The number of anilines is 1. The summed E-state index contributed by atoms with van der Waals surface area (Å²) in [6.45, 7) is 5.41. The van der Waals surface area contributed by atoms with Crippen LogP contribution in [0.5, 0.6) is 0 Å². The van der Waals surface area contributed by atoms with Gasteiger partial charge in [0.25, 0.3) is 0 Å². The van der Waals surface area contributed by atoms with E-state index in [4.69, 9.17) is 0 Å². The van der Waals surface area contributed by atoms with Crippen LogP contribution in [-0.4, -0.2) is 18.4 Å². The molecular formula is C20H24N2O2. The molecule has 2 N–H and O–H groups in total. The van der Waals surface area contributed by atoms with Crippen LogP contribution in [0.3, 0.4) is 0 Å². The first-order valence-electron chi connectivity index (χ1n) is 8.06. The Morgan fingerprint density at radius 2 is 1.54 bits per heavy atom. The van der Waals surface area contributed by atoms with Crippen LogP contribution in [0.4, 0.5) is 5.69 Å². The largest absolute Gasteiger partial charge is 0.347 e. The van der Waals surface area contributed by atoms with Gasteiger partial charge in [0.05, 0.1) is 6.54 Å². The fraction of sp³-hybridized carbons (Fsp3) is 0.300. The van der Waals surface area contributed by atoms with Crippen molar-refractivity contribution in [1.29, 1.82) is 0 Å². The highest BCUT2D eigenvalue weighted by Gasteiger charge is 2.21. The van der Waals surface area contributed by atoms with Crippen molar-refractivity contribution in [2.45, 2.75) is 27.2 Å². The average molecular weight is 324 g/mol. The van der Waals surface area contributed by atoms with Crippen molar-refractivity contribution in [3.63, 3.8) is 0 Å². The molecule has 0 fully saturated rings. The summed E-state index contributed by atoms with van der Waals surface area (Å²) < 4.78 is 0. The van der Waals surface area contributed by atoms with E-state index in [1.165, 1.54) is 5.56 Å². The molecule has 0 spiro atoms. The van der Waals surface area contributed by atoms with E-state index in [1.54, 1.807) is 0 Å². The predicted octanol–water partition coefficient (Wildman–Crippen LogP) is 3.38. The van der Waals surface area contributed by atoms with Crippen LogP contribution < -0.4 is 10.6 Å². The van der Waals surface area contributed by atoms with E-state index in [-0.39, 0.29) is 18.4 Å². The minimum Gasteiger partial charge on any atom is -0.347 e. The lowest BCUT2D eigenvalue weighted by molar-refractivity contribution is -0.130. The molecule has 0 aromatic heterocycles. The molecule has 0 atom stereocenters. The first-order chi connectivity index (χ1) is 11.4. The maximum absolute atomic E-state index is 12.1. The highest BCUT2D eigenvalue weighted by Crippen LogP contribution is 2.19. The smallest absolute Gasteiger partial charge is 0.243 e. The van der Waals surface area contributed by atoms with Gasteiger partial charge in [-0.2, -0.15) is 0 Å². The molecule has 24 heavy (non-hydrogen) atoms. The van der Waals surface area contributed by atoms with E-state index in [0.717, 1.165) is 17.7 Å². The molecule has 2 aromatic carbocycles. The van der Waals surface area contributed by atoms with Crippen LogP contribution in [0.2, 0.25) is 0 Å². The van der Waals surface area contributed by atoms with Crippen molar-refractivity contribution in [2.75, 3.05) is 11.9 Å². The summed E-state index contributed by atoms with van der Waals surface area (Å²) >= 11 is 0. The first-order valence-corrected chi connectivity index (χ1v) is 8.06. The molecular weight excluding hydrogens is 300 g/mol. The van der Waals surface area contributed by atoms with Gasteiger partial charge < -0.3 is 10.6 Å². The van der Waals surface area contributed by atoms with Crippen LogP contribution in [-0.2, 0) is 16.0 Å². The number of benzene rings is 2. The molecule has 0 heterocycles. The fourth-order valence-electron chi connectivity index (χ4n) is 2.23. The van der Waals surface area contributed by atoms with E-state index in [1.807, 2.05) is 63.2 Å². The number of hydrogen-bond acceptors (Lipinski definition) is 2. The molecule has 0 saturated carbocycles. The second-order valence-electron chi connectivity index (χ2n) is 6.80. The van der Waals surface area contributed by atoms with Crippen LogP contribution in [0.25, 0.3) is 0 Å². The Morgan fingerprint density at radius 1 is 0.917 bits per heavy atom. The van der Waals surface area contributed by atoms with Crippen LogP contribution in [0.1, 0.15) is 31.9 Å². The number of nitrogens with one attached hydrogen (secondary N) is 2. The summed E-state index contributed by atoms with van der Waals surface area (Å²) in [5, 5.41) is 5.54. The van der Waals surface area contributed by atoms with Gasteiger partial charge in [-0.05, 0) is 23.6 Å². The van der Waals surface area contributed by atoms with Gasteiger partial charge in [-0.3, -0.25) is 9.59 Å². The molecule has 0 radical (unpaired) electrons. The maximum atomic E-state index is 12.1. The summed E-state index contributed by atoms with van der Waals surface area (Å²) in [4.78, 5) is 24.0. The van der Waals surface area contributed by atoms with E-state index in [2.05, 4.69) is 22.8 Å². The second kappa shape index (κ2) is 7.77. The zero-order valence-electron chi connectivity index (χ0n) is 14.4. The molecule has 4 nitrogen and oxygen atoms in total. The SMILES string of the molecule is CC(C)(C)C(=O)NCC(=O)Nc1ccccc1Cc1ccccc1. The fourth-order valence-corrected chi connectivity index (χ4v) is 2.23. The molecule has 2 amide bonds. The van der Waals surface area contributed by atoms with Gasteiger partial charge in [-0.1, -0.05) is 69.3 Å². The normalized spacial score (nSPS) is 11.0. The van der Waals surface area contributed by atoms with Gasteiger partial charge in [0.2, 0.25) is 11.8 Å². The molecule has 0 bridgehead atoms. The van der Waals surface area contributed by atoms with Crippen molar-refractivity contribution < 1.29 is 9.59 Å². The Balaban J connectivity index is 2.00. The molecule has 0 aliphatic rings. The lowest BCUT2D eigenvalue weighted by atomic mass is 9.96. The third kappa shape index (κ3) is 5.23. The number of para-hydroxylation sites is 1. The number of hydrogen-bond donors (Lipinski definition) is 2. The van der Waals surface area contributed by atoms with Crippen molar-refractivity contribution in [2.24, 2.45) is 5.41 Å². The summed E-state index contributed by atoms with van der Waals surface area (Å²) in [6, 6.07) is 17.8. The topological polar surface area (TPSA) is 58.2 Å². The molecule has 2 aromatic rings. The zero-order chi connectivity index (χ0) is 17.6. The highest BCUT2D eigenvalue weighted by molar-refractivity contribution is 5.95. The highest BCUT2D eigenvalue weighted by atomic mass is 16.2. The van der Waals surface area contributed by atoms with Gasteiger partial charge in [-0.15, -0.1) is 0 Å². The summed E-state index contributed by atoms with van der Waals surface area (Å²) in [7, 11) is 0. The third-order valence-electron chi connectivity index (χ3n) is 3.62. The second-order valence-corrected chi connectivity index (χ2v) is 6.80. The number of carbonyl (C=O) groups excluding carboxylic acids is 2. The molecule has 0 unspecified atom stereocenters. The number of rotatable bonds is 5. The minimum absolute atomic E-state index is 0.0320. The van der Waals surface area contributed by atoms with E-state index in [0.29, 0.717) is 0 Å². The number of carbonyl (C=O) groups is 2. The van der Waals surface area contributed by atoms with Gasteiger partial charge in [0, 0.05) is 11.1 Å². The van der Waals surface area contributed by atoms with Crippen LogP contribution in [0, 0.1) is 5.41 Å². The molecule has 4 heteroatoms. The quantitative estimate of drug-likeness (QED) is 0.886. The molecule has 0 aliphatic heterocycles. The Kier molecular flexibility index (Phi) is 5.74. The lowest BCUT2D eigenvalue weighted by Gasteiger charge is -2.17. The van der Waals surface area contributed by atoms with Crippen LogP contribution in [0.15, 0.2) is 54.6 Å².